The predicted octanol–water partition coefficient (Wildman–Crippen LogP) is 4.76. The highest BCUT2D eigenvalue weighted by Crippen LogP contribution is 2.37. The molecule has 0 bridgehead atoms. The van der Waals surface area contributed by atoms with Gasteiger partial charge in [0.2, 0.25) is 0 Å². The summed E-state index contributed by atoms with van der Waals surface area (Å²) in [6.45, 7) is 9.77. The summed E-state index contributed by atoms with van der Waals surface area (Å²) in [4.78, 5) is 30.5. The number of halogens is 3. The molecular weight excluding hydrogens is 559 g/mol. The number of aromatic nitrogens is 3. The van der Waals surface area contributed by atoms with Gasteiger partial charge in [-0.1, -0.05) is 0 Å². The molecule has 0 fully saturated rings. The summed E-state index contributed by atoms with van der Waals surface area (Å²) in [5.74, 6) is -0.882. The zero-order valence-corrected chi connectivity index (χ0v) is 24.2. The lowest BCUT2D eigenvalue weighted by molar-refractivity contribution is 0.0440. The zero-order valence-electron chi connectivity index (χ0n) is 24.2. The average molecular weight is 594 g/mol. The van der Waals surface area contributed by atoms with E-state index in [1.54, 1.807) is 41.5 Å². The standard InChI is InChI=1S/C28H34F3N5O6/c1-7-39-25(37)18-11-32-36-13-21-24(33-23(18)36)35(19(14-40-21)22(30)31)12-16-10-17(29)8-9-20(16)41-15-28(5,6)34-26(38)42-27(2,3)4/h8-11,13,19,22H,7,12,14-15H2,1-6H3,(H,34,38). The summed E-state index contributed by atoms with van der Waals surface area (Å²) < 4.78 is 66.2. The van der Waals surface area contributed by atoms with Crippen LogP contribution >= 0.6 is 0 Å². The molecule has 1 N–H and O–H groups in total. The van der Waals surface area contributed by atoms with Gasteiger partial charge in [-0.3, -0.25) is 0 Å². The molecule has 0 saturated carbocycles. The van der Waals surface area contributed by atoms with E-state index in [9.17, 15) is 22.8 Å². The number of alkyl halides is 2. The highest BCUT2D eigenvalue weighted by molar-refractivity contribution is 5.96. The van der Waals surface area contributed by atoms with Crippen molar-refractivity contribution >= 4 is 23.5 Å². The van der Waals surface area contributed by atoms with Crippen LogP contribution in [0.3, 0.4) is 0 Å². The highest BCUT2D eigenvalue weighted by Gasteiger charge is 2.37. The molecule has 3 heterocycles. The summed E-state index contributed by atoms with van der Waals surface area (Å²) in [6, 6.07) is 2.31. The largest absolute Gasteiger partial charge is 0.491 e. The van der Waals surface area contributed by atoms with Crippen molar-refractivity contribution in [3.63, 3.8) is 0 Å². The fourth-order valence-electron chi connectivity index (χ4n) is 4.24. The number of ether oxygens (including phenoxy) is 4. The molecule has 0 radical (unpaired) electrons. The third-order valence-electron chi connectivity index (χ3n) is 6.10. The van der Waals surface area contributed by atoms with Crippen LogP contribution < -0.4 is 19.7 Å². The van der Waals surface area contributed by atoms with Gasteiger partial charge in [-0.25, -0.2) is 32.3 Å². The van der Waals surface area contributed by atoms with Crippen LogP contribution in [0.25, 0.3) is 5.65 Å². The van der Waals surface area contributed by atoms with Gasteiger partial charge in [0, 0.05) is 12.1 Å². The number of rotatable bonds is 9. The van der Waals surface area contributed by atoms with Crippen LogP contribution in [0.15, 0.2) is 30.6 Å². The van der Waals surface area contributed by atoms with Crippen LogP contribution in [0.1, 0.15) is 57.5 Å². The lowest BCUT2D eigenvalue weighted by Gasteiger charge is -2.37. The van der Waals surface area contributed by atoms with Gasteiger partial charge in [0.25, 0.3) is 6.43 Å². The minimum Gasteiger partial charge on any atom is -0.491 e. The number of hydrogen-bond acceptors (Lipinski definition) is 9. The number of alkyl carbamates (subject to hydrolysis) is 1. The van der Waals surface area contributed by atoms with Gasteiger partial charge in [-0.2, -0.15) is 5.10 Å². The highest BCUT2D eigenvalue weighted by atomic mass is 19.3. The van der Waals surface area contributed by atoms with E-state index in [1.165, 1.54) is 40.0 Å². The van der Waals surface area contributed by atoms with Gasteiger partial charge in [0.1, 0.15) is 42.0 Å². The number of hydrogen-bond donors (Lipinski definition) is 1. The molecule has 1 atom stereocenters. The lowest BCUT2D eigenvalue weighted by atomic mass is 10.1. The Hall–Kier alpha value is -4.23. The first-order valence-electron chi connectivity index (χ1n) is 13.3. The molecular formula is C28H34F3N5O6. The van der Waals surface area contributed by atoms with Gasteiger partial charge < -0.3 is 29.2 Å². The van der Waals surface area contributed by atoms with E-state index in [0.29, 0.717) is 0 Å². The van der Waals surface area contributed by atoms with E-state index in [2.05, 4.69) is 15.4 Å². The molecule has 0 spiro atoms. The molecule has 14 heteroatoms. The number of benzene rings is 1. The number of nitrogens with zero attached hydrogens (tertiary/aromatic N) is 4. The number of amides is 1. The molecule has 0 saturated heterocycles. The second-order valence-electron chi connectivity index (χ2n) is 11.4. The Labute approximate surface area is 240 Å². The van der Waals surface area contributed by atoms with Gasteiger partial charge in [-0.15, -0.1) is 0 Å². The maximum absolute atomic E-state index is 14.4. The zero-order chi connectivity index (χ0) is 30.8. The van der Waals surface area contributed by atoms with Crippen LogP contribution in [-0.2, 0) is 16.0 Å². The molecule has 1 aromatic carbocycles. The molecule has 228 valence electrons. The van der Waals surface area contributed by atoms with Gasteiger partial charge in [0.05, 0.1) is 24.5 Å². The second-order valence-corrected chi connectivity index (χ2v) is 11.4. The quantitative estimate of drug-likeness (QED) is 0.351. The minimum atomic E-state index is -2.85. The fraction of sp³-hybridized carbons (Fsp3) is 0.500. The number of anilines is 1. The summed E-state index contributed by atoms with van der Waals surface area (Å²) in [6.07, 6.45) is -0.782. The Morgan fingerprint density at radius 3 is 2.62 bits per heavy atom. The average Bonchev–Trinajstić information content (AvgIpc) is 3.28. The topological polar surface area (TPSA) is 117 Å². The van der Waals surface area contributed by atoms with Gasteiger partial charge >= 0.3 is 12.1 Å². The van der Waals surface area contributed by atoms with Crippen molar-refractivity contribution in [1.29, 1.82) is 0 Å². The van der Waals surface area contributed by atoms with Crippen molar-refractivity contribution in [3.05, 3.63) is 47.5 Å². The van der Waals surface area contributed by atoms with Gasteiger partial charge in [-0.05, 0) is 59.7 Å². The van der Waals surface area contributed by atoms with Crippen molar-refractivity contribution in [2.45, 2.75) is 71.7 Å². The SMILES string of the molecule is CCOC(=O)c1cnn2cc3c(nc12)N(Cc1cc(F)ccc1OCC(C)(C)NC(=O)OC(C)(C)C)C(C(F)F)CO3. The molecule has 2 aromatic heterocycles. The Morgan fingerprint density at radius 1 is 1.21 bits per heavy atom. The first-order chi connectivity index (χ1) is 19.7. The smallest absolute Gasteiger partial charge is 0.408 e. The number of carbonyl (C=O) groups excluding carboxylic acids is 2. The summed E-state index contributed by atoms with van der Waals surface area (Å²) in [5.41, 5.74) is -1.21. The van der Waals surface area contributed by atoms with Crippen molar-refractivity contribution in [2.75, 3.05) is 24.7 Å². The fourth-order valence-corrected chi connectivity index (χ4v) is 4.24. The molecule has 4 rings (SSSR count). The number of nitrogens with one attached hydrogen (secondary N) is 1. The van der Waals surface area contributed by atoms with Crippen molar-refractivity contribution in [1.82, 2.24) is 19.9 Å². The summed E-state index contributed by atoms with van der Waals surface area (Å²) in [7, 11) is 0. The van der Waals surface area contributed by atoms with Gasteiger partial charge in [0.15, 0.2) is 17.2 Å². The maximum Gasteiger partial charge on any atom is 0.408 e. The maximum atomic E-state index is 14.4. The van der Waals surface area contributed by atoms with E-state index in [-0.39, 0.29) is 60.5 Å². The van der Waals surface area contributed by atoms with Crippen LogP contribution in [0.5, 0.6) is 11.5 Å². The Bertz CT molecular complexity index is 1460. The molecule has 0 aliphatic carbocycles. The Kier molecular flexibility index (Phi) is 8.73. The molecule has 1 unspecified atom stereocenters. The minimum absolute atomic E-state index is 0.0206. The molecule has 11 nitrogen and oxygen atoms in total. The summed E-state index contributed by atoms with van der Waals surface area (Å²) in [5, 5.41) is 6.83. The van der Waals surface area contributed by atoms with Crippen LogP contribution in [0.4, 0.5) is 23.8 Å². The second kappa shape index (κ2) is 11.9. The van der Waals surface area contributed by atoms with E-state index < -0.39 is 41.5 Å². The first-order valence-corrected chi connectivity index (χ1v) is 13.3. The number of carbonyl (C=O) groups is 2. The Balaban J connectivity index is 1.64. The third-order valence-corrected chi connectivity index (χ3v) is 6.10. The number of fused-ring (bicyclic) bond motifs is 2. The van der Waals surface area contributed by atoms with Crippen LogP contribution in [0, 0.1) is 5.82 Å². The lowest BCUT2D eigenvalue weighted by Crippen LogP contribution is -2.49. The molecule has 3 aromatic rings. The molecule has 42 heavy (non-hydrogen) atoms. The molecule has 1 amide bonds. The van der Waals surface area contributed by atoms with E-state index in [1.807, 2.05) is 0 Å². The molecule has 1 aliphatic rings. The van der Waals surface area contributed by atoms with E-state index in [4.69, 9.17) is 18.9 Å². The van der Waals surface area contributed by atoms with Crippen molar-refractivity contribution in [3.8, 4) is 11.5 Å². The first kappa shape index (κ1) is 30.7. The Morgan fingerprint density at radius 2 is 1.95 bits per heavy atom. The molecule has 1 aliphatic heterocycles. The number of esters is 1. The normalized spacial score (nSPS) is 15.3. The third kappa shape index (κ3) is 7.15. The van der Waals surface area contributed by atoms with E-state index >= 15 is 0 Å². The van der Waals surface area contributed by atoms with Crippen LogP contribution in [-0.4, -0.2) is 70.1 Å². The summed E-state index contributed by atoms with van der Waals surface area (Å²) >= 11 is 0. The van der Waals surface area contributed by atoms with E-state index in [0.717, 1.165) is 0 Å². The monoisotopic (exact) mass is 593 g/mol. The van der Waals surface area contributed by atoms with Crippen molar-refractivity contribution < 1.29 is 41.7 Å². The van der Waals surface area contributed by atoms with Crippen LogP contribution in [0.2, 0.25) is 0 Å². The predicted molar refractivity (Wildman–Crippen MR) is 146 cm³/mol. The van der Waals surface area contributed by atoms with Crippen molar-refractivity contribution in [2.24, 2.45) is 0 Å².